The van der Waals surface area contributed by atoms with Crippen molar-refractivity contribution in [2.24, 2.45) is 0 Å². The summed E-state index contributed by atoms with van der Waals surface area (Å²) in [5.74, 6) is 0.304. The van der Waals surface area contributed by atoms with E-state index in [-0.39, 0.29) is 5.97 Å². The maximum atomic E-state index is 11.9. The number of aryl methyl sites for hydroxylation is 1. The molecule has 2 rings (SSSR count). The van der Waals surface area contributed by atoms with E-state index in [1.165, 1.54) is 0 Å². The van der Waals surface area contributed by atoms with Crippen molar-refractivity contribution >= 4 is 17.6 Å². The summed E-state index contributed by atoms with van der Waals surface area (Å²) in [4.78, 5) is 11.9. The van der Waals surface area contributed by atoms with Gasteiger partial charge in [-0.1, -0.05) is 36.8 Å². The van der Waals surface area contributed by atoms with Crippen LogP contribution in [-0.4, -0.2) is 28.2 Å². The van der Waals surface area contributed by atoms with Crippen molar-refractivity contribution in [1.82, 2.24) is 9.78 Å². The predicted molar refractivity (Wildman–Crippen MR) is 88.2 cm³/mol. The minimum Gasteiger partial charge on any atom is -0.461 e. The highest BCUT2D eigenvalue weighted by molar-refractivity contribution is 6.17. The number of halogens is 1. The van der Waals surface area contributed by atoms with Gasteiger partial charge in [-0.15, -0.1) is 11.6 Å². The van der Waals surface area contributed by atoms with Crippen LogP contribution >= 0.6 is 11.6 Å². The molecule has 0 saturated carbocycles. The highest BCUT2D eigenvalue weighted by Crippen LogP contribution is 2.21. The van der Waals surface area contributed by atoms with Crippen molar-refractivity contribution in [3.05, 3.63) is 42.1 Å². The first kappa shape index (κ1) is 16.6. The molecule has 0 bridgehead atoms. The number of ether oxygens (including phenoxy) is 1. The second-order valence-electron chi connectivity index (χ2n) is 4.97. The smallest absolute Gasteiger partial charge is 0.358 e. The van der Waals surface area contributed by atoms with Crippen molar-refractivity contribution in [1.29, 1.82) is 0 Å². The Balaban J connectivity index is 2.22. The molecule has 1 heterocycles. The van der Waals surface area contributed by atoms with Gasteiger partial charge in [-0.2, -0.15) is 5.10 Å². The Bertz CT molecular complexity index is 596. The zero-order valence-corrected chi connectivity index (χ0v) is 13.6. The van der Waals surface area contributed by atoms with Gasteiger partial charge < -0.3 is 4.74 Å². The summed E-state index contributed by atoms with van der Waals surface area (Å²) < 4.78 is 6.93. The van der Waals surface area contributed by atoms with E-state index in [4.69, 9.17) is 16.3 Å². The molecule has 5 heteroatoms. The lowest BCUT2D eigenvalue weighted by Gasteiger charge is -2.07. The molecule has 22 heavy (non-hydrogen) atoms. The minimum absolute atomic E-state index is 0.349. The lowest BCUT2D eigenvalue weighted by atomic mass is 10.1. The minimum atomic E-state index is -0.376. The number of hydrogen-bond donors (Lipinski definition) is 0. The molecule has 1 aromatic heterocycles. The molecule has 0 spiro atoms. The number of esters is 1. The highest BCUT2D eigenvalue weighted by atomic mass is 35.5. The highest BCUT2D eigenvalue weighted by Gasteiger charge is 2.16. The first-order chi connectivity index (χ1) is 10.8. The fourth-order valence-corrected chi connectivity index (χ4v) is 2.46. The third kappa shape index (κ3) is 4.34. The van der Waals surface area contributed by atoms with Gasteiger partial charge in [-0.25, -0.2) is 4.79 Å². The first-order valence-corrected chi connectivity index (χ1v) is 8.16. The largest absolute Gasteiger partial charge is 0.461 e. The van der Waals surface area contributed by atoms with Crippen molar-refractivity contribution < 1.29 is 9.53 Å². The molecule has 2 aromatic rings. The average Bonchev–Trinajstić information content (AvgIpc) is 2.97. The summed E-state index contributed by atoms with van der Waals surface area (Å²) in [6.07, 6.45) is 3.02. The molecule has 118 valence electrons. The number of alkyl halides is 1. The van der Waals surface area contributed by atoms with Crippen LogP contribution < -0.4 is 0 Å². The van der Waals surface area contributed by atoms with Gasteiger partial charge in [0.05, 0.1) is 12.3 Å². The van der Waals surface area contributed by atoms with Gasteiger partial charge in [-0.05, 0) is 31.4 Å². The molecule has 0 fully saturated rings. The van der Waals surface area contributed by atoms with Crippen LogP contribution in [0.2, 0.25) is 0 Å². The Morgan fingerprint density at radius 1 is 1.23 bits per heavy atom. The molecule has 0 aliphatic heterocycles. The summed E-state index contributed by atoms with van der Waals surface area (Å²) >= 11 is 5.71. The van der Waals surface area contributed by atoms with Gasteiger partial charge in [-0.3, -0.25) is 4.68 Å². The summed E-state index contributed by atoms with van der Waals surface area (Å²) in [7, 11) is 0. The van der Waals surface area contributed by atoms with Crippen LogP contribution in [0.5, 0.6) is 0 Å². The molecule has 0 aliphatic rings. The third-order valence-electron chi connectivity index (χ3n) is 3.34. The van der Waals surface area contributed by atoms with Gasteiger partial charge in [0.25, 0.3) is 0 Å². The van der Waals surface area contributed by atoms with Crippen LogP contribution in [0.4, 0.5) is 0 Å². The van der Waals surface area contributed by atoms with Crippen LogP contribution in [0, 0.1) is 0 Å². The van der Waals surface area contributed by atoms with Crippen LogP contribution in [0.25, 0.3) is 11.3 Å². The molecule has 0 aliphatic carbocycles. The van der Waals surface area contributed by atoms with Gasteiger partial charge in [0.15, 0.2) is 5.69 Å². The van der Waals surface area contributed by atoms with Crippen LogP contribution in [0.1, 0.15) is 36.7 Å². The maximum absolute atomic E-state index is 11.9. The van der Waals surface area contributed by atoms with Crippen LogP contribution in [-0.2, 0) is 11.3 Å². The number of carbonyl (C=O) groups excluding carboxylic acids is 1. The van der Waals surface area contributed by atoms with Gasteiger partial charge in [0.1, 0.15) is 0 Å². The average molecular weight is 321 g/mol. The quantitative estimate of drug-likeness (QED) is 0.417. The Hall–Kier alpha value is -1.81. The number of rotatable bonds is 8. The Morgan fingerprint density at radius 3 is 2.68 bits per heavy atom. The second-order valence-corrected chi connectivity index (χ2v) is 5.35. The van der Waals surface area contributed by atoms with E-state index in [9.17, 15) is 4.79 Å². The standard InChI is InChI=1S/C17H21ClN2O2/c1-2-22-17(21)15-13-16(14-9-5-3-6-10-14)20(19-15)12-8-4-7-11-18/h3,5-6,9-10,13H,2,4,7-8,11-12H2,1H3. The monoisotopic (exact) mass is 320 g/mol. The van der Waals surface area contributed by atoms with E-state index < -0.39 is 0 Å². The molecular formula is C17H21ClN2O2. The summed E-state index contributed by atoms with van der Waals surface area (Å²) in [6.45, 7) is 2.90. The van der Waals surface area contributed by atoms with Gasteiger partial charge in [0.2, 0.25) is 0 Å². The van der Waals surface area contributed by atoms with Crippen molar-refractivity contribution in [3.63, 3.8) is 0 Å². The van der Waals surface area contributed by atoms with E-state index >= 15 is 0 Å². The van der Waals surface area contributed by atoms with E-state index in [2.05, 4.69) is 5.10 Å². The molecule has 0 atom stereocenters. The fourth-order valence-electron chi connectivity index (χ4n) is 2.27. The zero-order valence-electron chi connectivity index (χ0n) is 12.8. The molecule has 0 radical (unpaired) electrons. The topological polar surface area (TPSA) is 44.1 Å². The van der Waals surface area contributed by atoms with Crippen molar-refractivity contribution in [3.8, 4) is 11.3 Å². The molecule has 4 nitrogen and oxygen atoms in total. The van der Waals surface area contributed by atoms with Gasteiger partial charge in [0, 0.05) is 12.4 Å². The number of hydrogen-bond acceptors (Lipinski definition) is 3. The summed E-state index contributed by atoms with van der Waals surface area (Å²) in [5, 5.41) is 4.41. The van der Waals surface area contributed by atoms with Gasteiger partial charge >= 0.3 is 5.97 Å². The van der Waals surface area contributed by atoms with E-state index in [0.717, 1.165) is 37.1 Å². The maximum Gasteiger partial charge on any atom is 0.358 e. The molecule has 0 amide bonds. The summed E-state index contributed by atoms with van der Waals surface area (Å²) in [5.41, 5.74) is 2.34. The van der Waals surface area contributed by atoms with Crippen LogP contribution in [0.3, 0.4) is 0 Å². The lowest BCUT2D eigenvalue weighted by Crippen LogP contribution is -2.08. The zero-order chi connectivity index (χ0) is 15.8. The molecule has 0 saturated heterocycles. The normalized spacial score (nSPS) is 10.6. The third-order valence-corrected chi connectivity index (χ3v) is 3.60. The summed E-state index contributed by atoms with van der Waals surface area (Å²) in [6, 6.07) is 11.8. The van der Waals surface area contributed by atoms with E-state index in [1.54, 1.807) is 13.0 Å². The van der Waals surface area contributed by atoms with Crippen LogP contribution in [0.15, 0.2) is 36.4 Å². The number of carbonyl (C=O) groups is 1. The number of benzene rings is 1. The van der Waals surface area contributed by atoms with E-state index in [0.29, 0.717) is 18.2 Å². The van der Waals surface area contributed by atoms with Crippen molar-refractivity contribution in [2.45, 2.75) is 32.7 Å². The Labute approximate surface area is 136 Å². The Morgan fingerprint density at radius 2 is 2.00 bits per heavy atom. The fraction of sp³-hybridized carbons (Fsp3) is 0.412. The first-order valence-electron chi connectivity index (χ1n) is 7.62. The SMILES string of the molecule is CCOC(=O)c1cc(-c2ccccc2)n(CCCCCCl)n1. The molecule has 0 N–H and O–H groups in total. The number of aromatic nitrogens is 2. The Kier molecular flexibility index (Phi) is 6.46. The van der Waals surface area contributed by atoms with E-state index in [1.807, 2.05) is 35.0 Å². The molecule has 1 aromatic carbocycles. The lowest BCUT2D eigenvalue weighted by molar-refractivity contribution is 0.0518. The molecular weight excluding hydrogens is 300 g/mol. The predicted octanol–water partition coefficient (Wildman–Crippen LogP) is 4.14. The molecule has 0 unspecified atom stereocenters. The number of unbranched alkanes of at least 4 members (excludes halogenated alkanes) is 2. The second kappa shape index (κ2) is 8.59. The van der Waals surface area contributed by atoms with Crippen molar-refractivity contribution in [2.75, 3.05) is 12.5 Å². The number of nitrogens with zero attached hydrogens (tertiary/aromatic N) is 2.